The number of amides is 1. The fraction of sp³-hybridized carbons (Fsp3) is 0.118. The molecular weight excluding hydrogens is 250 g/mol. The Morgan fingerprint density at radius 1 is 1.15 bits per heavy atom. The summed E-state index contributed by atoms with van der Waals surface area (Å²) < 4.78 is 0. The van der Waals surface area contributed by atoms with E-state index in [0.29, 0.717) is 11.3 Å². The normalized spacial score (nSPS) is 19.8. The number of benzene rings is 2. The highest BCUT2D eigenvalue weighted by atomic mass is 16.3. The zero-order valence-electron chi connectivity index (χ0n) is 11.0. The van der Waals surface area contributed by atoms with Gasteiger partial charge in [0.05, 0.1) is 0 Å². The molecule has 2 aromatic carbocycles. The summed E-state index contributed by atoms with van der Waals surface area (Å²) >= 11 is 0. The van der Waals surface area contributed by atoms with Crippen LogP contribution in [0.1, 0.15) is 16.7 Å². The van der Waals surface area contributed by atoms with Crippen LogP contribution in [0.4, 0.5) is 5.69 Å². The SMILES string of the molecule is Cc1ccc2c(c1)[C@](O)(C#Cc1ccccc1)C(=O)N2. The molecule has 1 aliphatic heterocycles. The summed E-state index contributed by atoms with van der Waals surface area (Å²) in [6.07, 6.45) is 0. The predicted octanol–water partition coefficient (Wildman–Crippen LogP) is 2.19. The van der Waals surface area contributed by atoms with Crippen LogP contribution in [0.5, 0.6) is 0 Å². The fourth-order valence-electron chi connectivity index (χ4n) is 2.21. The molecule has 3 heteroatoms. The smallest absolute Gasteiger partial charge is 0.274 e. The number of carbonyl (C=O) groups is 1. The van der Waals surface area contributed by atoms with Crippen LogP contribution in [0.15, 0.2) is 48.5 Å². The van der Waals surface area contributed by atoms with E-state index in [9.17, 15) is 9.90 Å². The van der Waals surface area contributed by atoms with Gasteiger partial charge in [0.25, 0.3) is 5.91 Å². The number of aryl methyl sites for hydroxylation is 1. The van der Waals surface area contributed by atoms with Gasteiger partial charge in [-0.2, -0.15) is 0 Å². The number of aliphatic hydroxyl groups is 1. The van der Waals surface area contributed by atoms with Crippen LogP contribution < -0.4 is 5.32 Å². The Hall–Kier alpha value is -2.57. The van der Waals surface area contributed by atoms with Crippen molar-refractivity contribution < 1.29 is 9.90 Å². The summed E-state index contributed by atoms with van der Waals surface area (Å²) in [7, 11) is 0. The molecule has 98 valence electrons. The third-order valence-electron chi connectivity index (χ3n) is 3.30. The number of nitrogens with one attached hydrogen (secondary N) is 1. The van der Waals surface area contributed by atoms with E-state index >= 15 is 0 Å². The third kappa shape index (κ3) is 1.97. The van der Waals surface area contributed by atoms with E-state index in [0.717, 1.165) is 11.1 Å². The Morgan fingerprint density at radius 3 is 2.65 bits per heavy atom. The van der Waals surface area contributed by atoms with Crippen molar-refractivity contribution in [2.75, 3.05) is 5.32 Å². The van der Waals surface area contributed by atoms with E-state index in [1.165, 1.54) is 0 Å². The molecule has 1 atom stereocenters. The molecule has 0 saturated carbocycles. The van der Waals surface area contributed by atoms with Crippen molar-refractivity contribution in [3.63, 3.8) is 0 Å². The first-order valence-electron chi connectivity index (χ1n) is 6.33. The lowest BCUT2D eigenvalue weighted by Gasteiger charge is -2.13. The highest BCUT2D eigenvalue weighted by molar-refractivity contribution is 6.07. The van der Waals surface area contributed by atoms with Crippen molar-refractivity contribution in [2.45, 2.75) is 12.5 Å². The Balaban J connectivity index is 2.07. The van der Waals surface area contributed by atoms with Crippen LogP contribution in [0.25, 0.3) is 0 Å². The first-order chi connectivity index (χ1) is 9.59. The van der Waals surface area contributed by atoms with Gasteiger partial charge in [-0.25, -0.2) is 0 Å². The number of hydrogen-bond donors (Lipinski definition) is 2. The average molecular weight is 263 g/mol. The van der Waals surface area contributed by atoms with Gasteiger partial charge in [-0.05, 0) is 37.1 Å². The minimum Gasteiger partial charge on any atom is -0.366 e. The first kappa shape index (κ1) is 12.5. The van der Waals surface area contributed by atoms with Gasteiger partial charge < -0.3 is 10.4 Å². The highest BCUT2D eigenvalue weighted by Crippen LogP contribution is 2.36. The Bertz CT molecular complexity index is 741. The van der Waals surface area contributed by atoms with E-state index in [4.69, 9.17) is 0 Å². The predicted molar refractivity (Wildman–Crippen MR) is 77.0 cm³/mol. The van der Waals surface area contributed by atoms with Crippen LogP contribution in [0, 0.1) is 18.8 Å². The molecule has 0 aromatic heterocycles. The molecule has 0 bridgehead atoms. The Labute approximate surface area is 117 Å². The van der Waals surface area contributed by atoms with Crippen LogP contribution in [0.3, 0.4) is 0 Å². The van der Waals surface area contributed by atoms with Gasteiger partial charge in [-0.3, -0.25) is 4.79 Å². The summed E-state index contributed by atoms with van der Waals surface area (Å²) in [5.74, 6) is 5.06. The standard InChI is InChI=1S/C17H13NO2/c1-12-7-8-15-14(11-12)17(20,16(19)18-15)10-9-13-5-3-2-4-6-13/h2-8,11,20H,1H3,(H,18,19)/t17-/m1/s1. The summed E-state index contributed by atoms with van der Waals surface area (Å²) in [5.41, 5.74) is 1.09. The summed E-state index contributed by atoms with van der Waals surface area (Å²) in [4.78, 5) is 12.0. The molecule has 0 radical (unpaired) electrons. The number of fused-ring (bicyclic) bond motifs is 1. The second-order valence-electron chi connectivity index (χ2n) is 4.83. The lowest BCUT2D eigenvalue weighted by atomic mass is 9.94. The Morgan fingerprint density at radius 2 is 1.90 bits per heavy atom. The summed E-state index contributed by atoms with van der Waals surface area (Å²) in [5, 5.41) is 13.3. The van der Waals surface area contributed by atoms with Gasteiger partial charge >= 0.3 is 0 Å². The maximum Gasteiger partial charge on any atom is 0.274 e. The van der Waals surface area contributed by atoms with Crippen LogP contribution in [-0.4, -0.2) is 11.0 Å². The molecule has 2 aromatic rings. The molecule has 0 spiro atoms. The lowest BCUT2D eigenvalue weighted by molar-refractivity contribution is -0.128. The minimum absolute atomic E-state index is 0.499. The number of carbonyl (C=O) groups excluding carboxylic acids is 1. The molecule has 0 unspecified atom stereocenters. The molecule has 0 aliphatic carbocycles. The van der Waals surface area contributed by atoms with E-state index < -0.39 is 11.5 Å². The van der Waals surface area contributed by atoms with Gasteiger partial charge in [-0.1, -0.05) is 35.7 Å². The van der Waals surface area contributed by atoms with E-state index in [2.05, 4.69) is 17.2 Å². The molecule has 20 heavy (non-hydrogen) atoms. The molecule has 0 saturated heterocycles. The topological polar surface area (TPSA) is 49.3 Å². The molecule has 1 amide bonds. The zero-order chi connectivity index (χ0) is 14.2. The zero-order valence-corrected chi connectivity index (χ0v) is 11.0. The van der Waals surface area contributed by atoms with E-state index in [1.807, 2.05) is 43.3 Å². The van der Waals surface area contributed by atoms with Gasteiger partial charge in [0, 0.05) is 16.8 Å². The second-order valence-corrected chi connectivity index (χ2v) is 4.83. The lowest BCUT2D eigenvalue weighted by Crippen LogP contribution is -2.32. The average Bonchev–Trinajstić information content (AvgIpc) is 2.71. The monoisotopic (exact) mass is 263 g/mol. The number of hydrogen-bond acceptors (Lipinski definition) is 2. The number of rotatable bonds is 0. The molecular formula is C17H13NO2. The molecule has 3 rings (SSSR count). The van der Waals surface area contributed by atoms with Crippen LogP contribution >= 0.6 is 0 Å². The quantitative estimate of drug-likeness (QED) is 0.716. The Kier molecular flexibility index (Phi) is 2.81. The maximum atomic E-state index is 12.0. The second kappa shape index (κ2) is 4.52. The minimum atomic E-state index is -1.78. The maximum absolute atomic E-state index is 12.0. The van der Waals surface area contributed by atoms with E-state index in [1.54, 1.807) is 12.1 Å². The van der Waals surface area contributed by atoms with Crippen molar-refractivity contribution >= 4 is 11.6 Å². The molecule has 1 heterocycles. The van der Waals surface area contributed by atoms with Gasteiger partial charge in [0.2, 0.25) is 5.60 Å². The van der Waals surface area contributed by atoms with Crippen molar-refractivity contribution in [2.24, 2.45) is 0 Å². The van der Waals surface area contributed by atoms with Gasteiger partial charge in [-0.15, -0.1) is 0 Å². The number of anilines is 1. The highest BCUT2D eigenvalue weighted by Gasteiger charge is 2.44. The van der Waals surface area contributed by atoms with Gasteiger partial charge in [0.1, 0.15) is 0 Å². The first-order valence-corrected chi connectivity index (χ1v) is 6.33. The van der Waals surface area contributed by atoms with Crippen molar-refractivity contribution in [1.29, 1.82) is 0 Å². The summed E-state index contributed by atoms with van der Waals surface area (Å²) in [6, 6.07) is 14.7. The van der Waals surface area contributed by atoms with Gasteiger partial charge in [0.15, 0.2) is 0 Å². The van der Waals surface area contributed by atoms with Crippen molar-refractivity contribution in [3.05, 3.63) is 65.2 Å². The van der Waals surface area contributed by atoms with Crippen molar-refractivity contribution in [3.8, 4) is 11.8 Å². The largest absolute Gasteiger partial charge is 0.366 e. The molecule has 0 fully saturated rings. The van der Waals surface area contributed by atoms with Crippen molar-refractivity contribution in [1.82, 2.24) is 0 Å². The summed E-state index contributed by atoms with van der Waals surface area (Å²) in [6.45, 7) is 1.91. The molecule has 1 aliphatic rings. The molecule has 2 N–H and O–H groups in total. The molecule has 3 nitrogen and oxygen atoms in total. The third-order valence-corrected chi connectivity index (χ3v) is 3.30. The fourth-order valence-corrected chi connectivity index (χ4v) is 2.21. The van der Waals surface area contributed by atoms with E-state index in [-0.39, 0.29) is 0 Å². The van der Waals surface area contributed by atoms with Crippen LogP contribution in [0.2, 0.25) is 0 Å². The van der Waals surface area contributed by atoms with Crippen LogP contribution in [-0.2, 0) is 10.4 Å².